The minimum Gasteiger partial charge on any atom is -0.493 e. The summed E-state index contributed by atoms with van der Waals surface area (Å²) in [6.45, 7) is 11.1. The molecule has 0 radical (unpaired) electrons. The van der Waals surface area contributed by atoms with Crippen molar-refractivity contribution in [1.29, 1.82) is 0 Å². The fourth-order valence-corrected chi connectivity index (χ4v) is 4.14. The van der Waals surface area contributed by atoms with Gasteiger partial charge < -0.3 is 14.6 Å². The second-order valence-corrected chi connectivity index (χ2v) is 8.56. The number of carbonyl (C=O) groups is 1. The van der Waals surface area contributed by atoms with Crippen molar-refractivity contribution in [2.24, 2.45) is 0 Å². The maximum atomic E-state index is 12.5. The van der Waals surface area contributed by atoms with E-state index < -0.39 is 0 Å². The summed E-state index contributed by atoms with van der Waals surface area (Å²) in [5.74, 6) is 1.98. The molecule has 1 aromatic heterocycles. The van der Waals surface area contributed by atoms with Crippen molar-refractivity contribution >= 4 is 23.4 Å². The largest absolute Gasteiger partial charge is 0.493 e. The van der Waals surface area contributed by atoms with Crippen LogP contribution in [-0.4, -0.2) is 33.0 Å². The third kappa shape index (κ3) is 6.23. The summed E-state index contributed by atoms with van der Waals surface area (Å²) >= 11 is 1.38. The van der Waals surface area contributed by atoms with Crippen molar-refractivity contribution in [2.75, 3.05) is 17.7 Å². The zero-order chi connectivity index (χ0) is 22.9. The van der Waals surface area contributed by atoms with Crippen LogP contribution < -0.4 is 10.1 Å². The van der Waals surface area contributed by atoms with Crippen LogP contribution in [0.25, 0.3) is 0 Å². The lowest BCUT2D eigenvalue weighted by atomic mass is 10.1. The number of ether oxygens (including phenoxy) is 1. The molecule has 0 aliphatic rings. The lowest BCUT2D eigenvalue weighted by Gasteiger charge is -2.12. The fraction of sp³-hybridized carbons (Fsp3) is 0.320. The molecule has 0 unspecified atom stereocenters. The molecular weight excluding hydrogens is 420 g/mol. The number of nitrogens with zero attached hydrogens (tertiary/aromatic N) is 3. The fourth-order valence-electron chi connectivity index (χ4n) is 3.37. The molecule has 0 saturated carbocycles. The van der Waals surface area contributed by atoms with Crippen molar-refractivity contribution in [2.45, 2.75) is 45.3 Å². The summed E-state index contributed by atoms with van der Waals surface area (Å²) in [6.07, 6.45) is 3.38. The van der Waals surface area contributed by atoms with Crippen molar-refractivity contribution in [3.8, 4) is 5.75 Å². The van der Waals surface area contributed by atoms with E-state index in [1.165, 1.54) is 11.8 Å². The van der Waals surface area contributed by atoms with E-state index in [2.05, 4.69) is 22.1 Å². The average molecular weight is 451 g/mol. The molecular formula is C25H30N4O2S. The van der Waals surface area contributed by atoms with Crippen molar-refractivity contribution in [3.63, 3.8) is 0 Å². The number of allylic oxidation sites excluding steroid dienone is 1. The Morgan fingerprint density at radius 2 is 1.81 bits per heavy atom. The van der Waals surface area contributed by atoms with Gasteiger partial charge in [-0.15, -0.1) is 16.8 Å². The van der Waals surface area contributed by atoms with Crippen LogP contribution >= 0.6 is 11.8 Å². The molecule has 3 rings (SSSR count). The van der Waals surface area contributed by atoms with E-state index in [9.17, 15) is 4.79 Å². The number of rotatable bonds is 11. The Kier molecular flexibility index (Phi) is 8.50. The van der Waals surface area contributed by atoms with Crippen LogP contribution in [0.15, 0.2) is 60.3 Å². The van der Waals surface area contributed by atoms with Crippen LogP contribution in [0.3, 0.4) is 0 Å². The minimum atomic E-state index is -0.0614. The zero-order valence-electron chi connectivity index (χ0n) is 18.9. The Labute approximate surface area is 194 Å². The van der Waals surface area contributed by atoms with Gasteiger partial charge in [0.25, 0.3) is 0 Å². The molecule has 0 fully saturated rings. The molecule has 1 amide bonds. The van der Waals surface area contributed by atoms with Crippen LogP contribution in [0.1, 0.15) is 28.9 Å². The van der Waals surface area contributed by atoms with Gasteiger partial charge in [0.1, 0.15) is 11.6 Å². The van der Waals surface area contributed by atoms with E-state index in [0.29, 0.717) is 13.2 Å². The monoisotopic (exact) mass is 450 g/mol. The number of anilines is 1. The highest BCUT2D eigenvalue weighted by Crippen LogP contribution is 2.22. The number of hydrogen-bond acceptors (Lipinski definition) is 5. The molecule has 32 heavy (non-hydrogen) atoms. The smallest absolute Gasteiger partial charge is 0.234 e. The van der Waals surface area contributed by atoms with Crippen molar-refractivity contribution < 1.29 is 9.53 Å². The number of aryl methyl sites for hydroxylation is 4. The maximum Gasteiger partial charge on any atom is 0.234 e. The molecule has 0 saturated heterocycles. The van der Waals surface area contributed by atoms with Gasteiger partial charge in [0.05, 0.1) is 12.4 Å². The van der Waals surface area contributed by atoms with Gasteiger partial charge >= 0.3 is 0 Å². The highest BCUT2D eigenvalue weighted by molar-refractivity contribution is 7.99. The van der Waals surface area contributed by atoms with Crippen LogP contribution in [0, 0.1) is 20.8 Å². The second-order valence-electron chi connectivity index (χ2n) is 7.62. The SMILES string of the molecule is C=CCn1c(CCCOc2ccccc2C)nnc1SCC(=O)Nc1c(C)cccc1C. The summed E-state index contributed by atoms with van der Waals surface area (Å²) < 4.78 is 7.90. The van der Waals surface area contributed by atoms with E-state index in [4.69, 9.17) is 4.74 Å². The number of thioether (sulfide) groups is 1. The summed E-state index contributed by atoms with van der Waals surface area (Å²) in [6, 6.07) is 14.0. The van der Waals surface area contributed by atoms with Crippen molar-refractivity contribution in [3.05, 3.63) is 77.6 Å². The third-order valence-corrected chi connectivity index (χ3v) is 6.05. The molecule has 0 atom stereocenters. The maximum absolute atomic E-state index is 12.5. The number of benzene rings is 2. The second kappa shape index (κ2) is 11.5. The van der Waals surface area contributed by atoms with Gasteiger partial charge in [-0.1, -0.05) is 54.2 Å². The Hall–Kier alpha value is -3.06. The number of hydrogen-bond donors (Lipinski definition) is 1. The molecule has 7 heteroatoms. The van der Waals surface area contributed by atoms with Crippen LogP contribution in [0.4, 0.5) is 5.69 Å². The Bertz CT molecular complexity index is 1060. The van der Waals surface area contributed by atoms with E-state index in [0.717, 1.165) is 51.9 Å². The molecule has 168 valence electrons. The first kappa shape index (κ1) is 23.6. The Morgan fingerprint density at radius 1 is 1.09 bits per heavy atom. The third-order valence-electron chi connectivity index (χ3n) is 5.08. The van der Waals surface area contributed by atoms with Crippen LogP contribution in [0.2, 0.25) is 0 Å². The van der Waals surface area contributed by atoms with Crippen LogP contribution in [-0.2, 0) is 17.8 Å². The molecule has 0 aliphatic heterocycles. The predicted octanol–water partition coefficient (Wildman–Crippen LogP) is 5.13. The van der Waals surface area contributed by atoms with Gasteiger partial charge in [0.2, 0.25) is 5.91 Å². The average Bonchev–Trinajstić information content (AvgIpc) is 3.15. The molecule has 2 aromatic carbocycles. The molecule has 6 nitrogen and oxygen atoms in total. The number of nitrogens with one attached hydrogen (secondary N) is 1. The molecule has 1 heterocycles. The normalized spacial score (nSPS) is 10.7. The van der Waals surface area contributed by atoms with Gasteiger partial charge in [-0.3, -0.25) is 4.79 Å². The van der Waals surface area contributed by atoms with E-state index in [1.54, 1.807) is 0 Å². The highest BCUT2D eigenvalue weighted by atomic mass is 32.2. The Morgan fingerprint density at radius 3 is 2.53 bits per heavy atom. The number of carbonyl (C=O) groups excluding carboxylic acids is 1. The number of amides is 1. The van der Waals surface area contributed by atoms with E-state index >= 15 is 0 Å². The van der Waals surface area contributed by atoms with E-state index in [-0.39, 0.29) is 11.7 Å². The number of aromatic nitrogens is 3. The summed E-state index contributed by atoms with van der Waals surface area (Å²) in [4.78, 5) is 12.5. The molecule has 0 aliphatic carbocycles. The lowest BCUT2D eigenvalue weighted by molar-refractivity contribution is -0.113. The standard InChI is InChI=1S/C25H30N4O2S/c1-5-15-29-22(14-9-16-31-21-13-7-6-10-18(21)2)27-28-25(29)32-17-23(30)26-24-19(3)11-8-12-20(24)4/h5-8,10-13H,1,9,14-17H2,2-4H3,(H,26,30). The van der Waals surface area contributed by atoms with Gasteiger partial charge in [-0.05, 0) is 49.9 Å². The molecule has 3 aromatic rings. The lowest BCUT2D eigenvalue weighted by Crippen LogP contribution is -2.16. The topological polar surface area (TPSA) is 69.0 Å². The van der Waals surface area contributed by atoms with Crippen LogP contribution in [0.5, 0.6) is 5.75 Å². The zero-order valence-corrected chi connectivity index (χ0v) is 19.7. The first-order valence-electron chi connectivity index (χ1n) is 10.7. The van der Waals surface area contributed by atoms with Gasteiger partial charge in [-0.25, -0.2) is 0 Å². The highest BCUT2D eigenvalue weighted by Gasteiger charge is 2.14. The van der Waals surface area contributed by atoms with Crippen molar-refractivity contribution in [1.82, 2.24) is 14.8 Å². The van der Waals surface area contributed by atoms with E-state index in [1.807, 2.05) is 73.9 Å². The summed E-state index contributed by atoms with van der Waals surface area (Å²) in [5, 5.41) is 12.4. The van der Waals surface area contributed by atoms with Gasteiger partial charge in [-0.2, -0.15) is 0 Å². The molecule has 1 N–H and O–H groups in total. The summed E-state index contributed by atoms with van der Waals surface area (Å²) in [5.41, 5.74) is 4.10. The predicted molar refractivity (Wildman–Crippen MR) is 130 cm³/mol. The van der Waals surface area contributed by atoms with Gasteiger partial charge in [0.15, 0.2) is 5.16 Å². The van der Waals surface area contributed by atoms with Gasteiger partial charge in [0, 0.05) is 18.7 Å². The molecule has 0 spiro atoms. The molecule has 0 bridgehead atoms. The quantitative estimate of drug-likeness (QED) is 0.249. The Balaban J connectivity index is 1.55. The first-order valence-corrected chi connectivity index (χ1v) is 11.7. The minimum absolute atomic E-state index is 0.0614. The first-order chi connectivity index (χ1) is 15.5. The summed E-state index contributed by atoms with van der Waals surface area (Å²) in [7, 11) is 0. The number of para-hydroxylation sites is 2.